The zero-order valence-corrected chi connectivity index (χ0v) is 7.74. The number of aromatic nitrogens is 1. The van der Waals surface area contributed by atoms with Crippen molar-refractivity contribution in [2.75, 3.05) is 0 Å². The molecule has 1 rings (SSSR count). The largest absolute Gasteiger partial charge is 0.285 e. The van der Waals surface area contributed by atoms with E-state index in [2.05, 4.69) is 4.98 Å². The Morgan fingerprint density at radius 3 is 2.60 bits per heavy atom. The van der Waals surface area contributed by atoms with E-state index in [1.807, 2.05) is 0 Å². The Kier molecular flexibility index (Phi) is 3.25. The van der Waals surface area contributed by atoms with Gasteiger partial charge in [0.05, 0.1) is 4.92 Å². The van der Waals surface area contributed by atoms with Gasteiger partial charge < -0.3 is 0 Å². The predicted octanol–water partition coefficient (Wildman–Crippen LogP) is 2.31. The van der Waals surface area contributed by atoms with Gasteiger partial charge in [-0.15, -0.1) is 0 Å². The number of halogens is 3. The van der Waals surface area contributed by atoms with Crippen molar-refractivity contribution in [3.63, 3.8) is 0 Å². The summed E-state index contributed by atoms with van der Waals surface area (Å²) >= 11 is 4.98. The molecule has 15 heavy (non-hydrogen) atoms. The lowest BCUT2D eigenvalue weighted by atomic mass is 10.2. The summed E-state index contributed by atoms with van der Waals surface area (Å²) in [5, 5.41) is 9.09. The molecule has 1 aromatic rings. The summed E-state index contributed by atoms with van der Waals surface area (Å²) in [6, 6.07) is 0.835. The fraction of sp³-hybridized carbons (Fsp3) is 0.143. The van der Waals surface area contributed by atoms with Crippen LogP contribution in [-0.4, -0.2) is 15.1 Å². The van der Waals surface area contributed by atoms with Crippen molar-refractivity contribution in [3.8, 4) is 0 Å². The number of rotatable bonds is 3. The van der Waals surface area contributed by atoms with E-state index in [1.165, 1.54) is 0 Å². The predicted molar refractivity (Wildman–Crippen MR) is 46.0 cm³/mol. The summed E-state index contributed by atoms with van der Waals surface area (Å²) in [6.45, 7) is 0. The summed E-state index contributed by atoms with van der Waals surface area (Å²) < 4.78 is 24.7. The molecule has 8 heteroatoms. The summed E-state index contributed by atoms with van der Waals surface area (Å²) in [6.07, 6.45) is -2.27. The molecule has 1 heterocycles. The van der Waals surface area contributed by atoms with Crippen LogP contribution in [0.2, 0.25) is 0 Å². The maximum atomic E-state index is 12.3. The topological polar surface area (TPSA) is 73.1 Å². The molecular weight excluding hydrogens is 234 g/mol. The van der Waals surface area contributed by atoms with Gasteiger partial charge in [0, 0.05) is 12.3 Å². The lowest BCUT2D eigenvalue weighted by Gasteiger charge is -2.03. The standard InChI is InChI=1S/C7H3ClF2N2O3/c8-6(13)4-3(12(14)15)1-2-11-5(4)7(9)10/h1-2,7H. The molecule has 0 fully saturated rings. The first-order chi connectivity index (χ1) is 6.95. The number of pyridine rings is 1. The molecule has 0 aliphatic rings. The molecule has 0 N–H and O–H groups in total. The van der Waals surface area contributed by atoms with Crippen molar-refractivity contribution in [1.82, 2.24) is 4.98 Å². The minimum Gasteiger partial charge on any atom is -0.275 e. The Balaban J connectivity index is 3.48. The van der Waals surface area contributed by atoms with Crippen LogP contribution in [-0.2, 0) is 0 Å². The van der Waals surface area contributed by atoms with Gasteiger partial charge in [0.2, 0.25) is 0 Å². The zero-order chi connectivity index (χ0) is 11.6. The minimum absolute atomic E-state index is 0.777. The summed E-state index contributed by atoms with van der Waals surface area (Å²) in [4.78, 5) is 23.4. The van der Waals surface area contributed by atoms with Crippen molar-refractivity contribution < 1.29 is 18.5 Å². The van der Waals surface area contributed by atoms with E-state index in [-0.39, 0.29) is 0 Å². The van der Waals surface area contributed by atoms with Crippen LogP contribution in [0, 0.1) is 10.1 Å². The first-order valence-electron chi connectivity index (χ1n) is 3.56. The van der Waals surface area contributed by atoms with Gasteiger partial charge in [0.1, 0.15) is 11.3 Å². The van der Waals surface area contributed by atoms with Gasteiger partial charge in [-0.05, 0) is 11.6 Å². The normalized spacial score (nSPS) is 10.4. The SMILES string of the molecule is O=C(Cl)c1c([N+](=O)[O-])ccnc1C(F)F. The number of alkyl halides is 2. The van der Waals surface area contributed by atoms with Crippen molar-refractivity contribution in [2.24, 2.45) is 0 Å². The van der Waals surface area contributed by atoms with Crippen molar-refractivity contribution in [2.45, 2.75) is 6.43 Å². The van der Waals surface area contributed by atoms with Crippen molar-refractivity contribution in [1.29, 1.82) is 0 Å². The lowest BCUT2D eigenvalue weighted by Crippen LogP contribution is -2.06. The molecule has 0 aromatic carbocycles. The maximum Gasteiger partial charge on any atom is 0.285 e. The summed E-state index contributed by atoms with van der Waals surface area (Å²) in [5.41, 5.74) is -2.62. The van der Waals surface area contributed by atoms with Gasteiger partial charge in [-0.25, -0.2) is 8.78 Å². The molecule has 0 aliphatic carbocycles. The van der Waals surface area contributed by atoms with E-state index in [0.29, 0.717) is 0 Å². The summed E-state index contributed by atoms with van der Waals surface area (Å²) in [7, 11) is 0. The van der Waals surface area contributed by atoms with Gasteiger partial charge in [0.25, 0.3) is 17.4 Å². The molecule has 1 aromatic heterocycles. The number of nitro groups is 1. The molecule has 0 amide bonds. The molecule has 5 nitrogen and oxygen atoms in total. The van der Waals surface area contributed by atoms with E-state index < -0.39 is 33.5 Å². The van der Waals surface area contributed by atoms with E-state index in [9.17, 15) is 23.7 Å². The fourth-order valence-electron chi connectivity index (χ4n) is 0.986. The minimum atomic E-state index is -3.09. The number of hydrogen-bond donors (Lipinski definition) is 0. The Bertz CT molecular complexity index is 425. The van der Waals surface area contributed by atoms with Gasteiger partial charge >= 0.3 is 0 Å². The third-order valence-electron chi connectivity index (χ3n) is 1.56. The Hall–Kier alpha value is -1.63. The van der Waals surface area contributed by atoms with Crippen LogP contribution in [0.25, 0.3) is 0 Å². The number of nitrogens with zero attached hydrogens (tertiary/aromatic N) is 2. The molecule has 0 spiro atoms. The van der Waals surface area contributed by atoms with E-state index in [0.717, 1.165) is 12.3 Å². The summed E-state index contributed by atoms with van der Waals surface area (Å²) in [5.74, 6) is 0. The quantitative estimate of drug-likeness (QED) is 0.459. The molecule has 0 atom stereocenters. The third-order valence-corrected chi connectivity index (χ3v) is 1.75. The highest BCUT2D eigenvalue weighted by molar-refractivity contribution is 6.68. The first-order valence-corrected chi connectivity index (χ1v) is 3.94. The smallest absolute Gasteiger partial charge is 0.275 e. The molecule has 0 unspecified atom stereocenters. The van der Waals surface area contributed by atoms with Crippen LogP contribution < -0.4 is 0 Å². The lowest BCUT2D eigenvalue weighted by molar-refractivity contribution is -0.385. The number of carbonyl (C=O) groups is 1. The van der Waals surface area contributed by atoms with Crippen molar-refractivity contribution >= 4 is 22.5 Å². The molecular formula is C7H3ClF2N2O3. The van der Waals surface area contributed by atoms with Crippen LogP contribution in [0.1, 0.15) is 22.5 Å². The van der Waals surface area contributed by atoms with Gasteiger partial charge in [-0.3, -0.25) is 19.9 Å². The van der Waals surface area contributed by atoms with Crippen LogP contribution in [0.5, 0.6) is 0 Å². The molecule has 0 saturated carbocycles. The number of carbonyl (C=O) groups excluding carboxylic acids is 1. The highest BCUT2D eigenvalue weighted by Gasteiger charge is 2.28. The monoisotopic (exact) mass is 236 g/mol. The second kappa shape index (κ2) is 4.26. The number of hydrogen-bond acceptors (Lipinski definition) is 4. The second-order valence-electron chi connectivity index (χ2n) is 2.42. The fourth-order valence-corrected chi connectivity index (χ4v) is 1.18. The van der Waals surface area contributed by atoms with E-state index in [1.54, 1.807) is 0 Å². The Morgan fingerprint density at radius 1 is 1.60 bits per heavy atom. The Labute approximate surface area is 86.8 Å². The molecule has 0 saturated heterocycles. The van der Waals surface area contributed by atoms with E-state index >= 15 is 0 Å². The molecule has 80 valence electrons. The second-order valence-corrected chi connectivity index (χ2v) is 2.77. The van der Waals surface area contributed by atoms with Crippen molar-refractivity contribution in [3.05, 3.63) is 33.6 Å². The maximum absolute atomic E-state index is 12.3. The van der Waals surface area contributed by atoms with Crippen LogP contribution in [0.15, 0.2) is 12.3 Å². The first kappa shape index (κ1) is 11.4. The Morgan fingerprint density at radius 2 is 2.20 bits per heavy atom. The molecule has 0 bridgehead atoms. The van der Waals surface area contributed by atoms with Gasteiger partial charge in [-0.2, -0.15) is 0 Å². The van der Waals surface area contributed by atoms with Crippen LogP contribution in [0.3, 0.4) is 0 Å². The highest BCUT2D eigenvalue weighted by Crippen LogP contribution is 2.28. The van der Waals surface area contributed by atoms with Crippen LogP contribution >= 0.6 is 11.6 Å². The van der Waals surface area contributed by atoms with E-state index in [4.69, 9.17) is 11.6 Å². The molecule has 0 aliphatic heterocycles. The average molecular weight is 237 g/mol. The molecule has 0 radical (unpaired) electrons. The highest BCUT2D eigenvalue weighted by atomic mass is 35.5. The van der Waals surface area contributed by atoms with Crippen LogP contribution in [0.4, 0.5) is 14.5 Å². The zero-order valence-electron chi connectivity index (χ0n) is 6.99. The third kappa shape index (κ3) is 2.24. The van der Waals surface area contributed by atoms with Gasteiger partial charge in [-0.1, -0.05) is 0 Å². The average Bonchev–Trinajstić information content (AvgIpc) is 2.16. The van der Waals surface area contributed by atoms with Gasteiger partial charge in [0.15, 0.2) is 0 Å².